The first kappa shape index (κ1) is 28.4. The summed E-state index contributed by atoms with van der Waals surface area (Å²) in [6.45, 7) is 6.12. The van der Waals surface area contributed by atoms with Crippen LogP contribution >= 0.6 is 0 Å². The van der Waals surface area contributed by atoms with Gasteiger partial charge < -0.3 is 20.2 Å². The molecule has 210 valence electrons. The second-order valence-electron chi connectivity index (χ2n) is 10.0. The van der Waals surface area contributed by atoms with Crippen molar-refractivity contribution in [2.45, 2.75) is 70.3 Å². The number of para-hydroxylation sites is 2. The summed E-state index contributed by atoms with van der Waals surface area (Å²) in [5, 5.41) is 3.10. The number of halogens is 3. The van der Waals surface area contributed by atoms with Gasteiger partial charge in [0.1, 0.15) is 5.75 Å². The third-order valence-electron chi connectivity index (χ3n) is 7.27. The first-order valence-electron chi connectivity index (χ1n) is 13.1. The Morgan fingerprint density at radius 1 is 1.05 bits per heavy atom. The number of rotatable bonds is 9. The van der Waals surface area contributed by atoms with Crippen LogP contribution in [0.25, 0.3) is 0 Å². The van der Waals surface area contributed by atoms with Crippen LogP contribution in [0.3, 0.4) is 0 Å². The van der Waals surface area contributed by atoms with E-state index in [1.165, 1.54) is 25.0 Å². The monoisotopic (exact) mass is 546 g/mol. The molecule has 8 nitrogen and oxygen atoms in total. The summed E-state index contributed by atoms with van der Waals surface area (Å²) < 4.78 is 43.2. The number of amidine groups is 1. The highest BCUT2D eigenvalue weighted by atomic mass is 19.4. The molecule has 4 rings (SSSR count). The fourth-order valence-electron chi connectivity index (χ4n) is 5.15. The van der Waals surface area contributed by atoms with Crippen molar-refractivity contribution in [1.29, 1.82) is 0 Å². The van der Waals surface area contributed by atoms with Gasteiger partial charge in [-0.15, -0.1) is 0 Å². The Kier molecular flexibility index (Phi) is 8.79. The molecule has 0 bridgehead atoms. The van der Waals surface area contributed by atoms with Crippen LogP contribution in [0.1, 0.15) is 63.2 Å². The fourth-order valence-corrected chi connectivity index (χ4v) is 5.15. The standard InChI is InChI=1S/C28H33F3N4O4/c1-18-13-14-19(2)34(18)15-6-3-7-16-35-22-11-4-5-12-23(22)38-24(26(35)36)20-9-8-10-21(17-20)25(32)33-39-27(37)28(29,30)31/h4-5,8-12,17-19,24H,3,6-7,13-16H2,1-2H3,(H2,32,33)/t18-,19+,24?. The molecule has 0 radical (unpaired) electrons. The molecule has 1 amide bonds. The zero-order valence-electron chi connectivity index (χ0n) is 22.0. The van der Waals surface area contributed by atoms with Crippen LogP contribution in [0.15, 0.2) is 53.7 Å². The zero-order chi connectivity index (χ0) is 28.2. The van der Waals surface area contributed by atoms with E-state index in [0.29, 0.717) is 35.6 Å². The maximum absolute atomic E-state index is 13.6. The third-order valence-corrected chi connectivity index (χ3v) is 7.27. The number of anilines is 1. The van der Waals surface area contributed by atoms with Gasteiger partial charge in [-0.2, -0.15) is 13.2 Å². The first-order valence-corrected chi connectivity index (χ1v) is 13.1. The van der Waals surface area contributed by atoms with E-state index in [0.717, 1.165) is 25.8 Å². The van der Waals surface area contributed by atoms with Crippen molar-refractivity contribution >= 4 is 23.4 Å². The number of benzene rings is 2. The number of nitrogens with two attached hydrogens (primary N) is 1. The Labute approximate surface area is 225 Å². The molecule has 39 heavy (non-hydrogen) atoms. The van der Waals surface area contributed by atoms with Gasteiger partial charge >= 0.3 is 12.1 Å². The number of nitrogens with zero attached hydrogens (tertiary/aromatic N) is 3. The molecule has 2 aliphatic rings. The molecule has 0 aliphatic carbocycles. The molecule has 2 N–H and O–H groups in total. The van der Waals surface area contributed by atoms with Gasteiger partial charge in [0, 0.05) is 29.8 Å². The van der Waals surface area contributed by atoms with Crippen LogP contribution in [-0.4, -0.2) is 54.0 Å². The van der Waals surface area contributed by atoms with Crippen molar-refractivity contribution in [3.05, 3.63) is 59.7 Å². The number of fused-ring (bicyclic) bond motifs is 1. The van der Waals surface area contributed by atoms with Crippen LogP contribution in [0.2, 0.25) is 0 Å². The SMILES string of the molecule is C[C@@H]1CC[C@H](C)N1CCCCCN1C(=O)C(c2cccc(/C(N)=N/OC(=O)C(F)(F)F)c2)Oc2ccccc21. The molecule has 0 spiro atoms. The molecule has 2 heterocycles. The summed E-state index contributed by atoms with van der Waals surface area (Å²) >= 11 is 0. The van der Waals surface area contributed by atoms with E-state index in [9.17, 15) is 22.8 Å². The normalized spacial score (nSPS) is 22.0. The molecule has 0 aromatic heterocycles. The predicted octanol–water partition coefficient (Wildman–Crippen LogP) is 4.92. The van der Waals surface area contributed by atoms with Gasteiger partial charge in [-0.25, -0.2) is 4.79 Å². The maximum Gasteiger partial charge on any atom is 0.493 e. The van der Waals surface area contributed by atoms with Crippen LogP contribution < -0.4 is 15.4 Å². The lowest BCUT2D eigenvalue weighted by molar-refractivity contribution is -0.199. The number of hydrogen-bond donors (Lipinski definition) is 1. The molecule has 2 aliphatic heterocycles. The number of unbranched alkanes of at least 4 members (excludes halogenated alkanes) is 2. The quantitative estimate of drug-likeness (QED) is 0.158. The lowest BCUT2D eigenvalue weighted by atomic mass is 10.0. The Bertz CT molecular complexity index is 1210. The van der Waals surface area contributed by atoms with E-state index in [1.54, 1.807) is 23.1 Å². The number of carbonyl (C=O) groups excluding carboxylic acids is 2. The average Bonchev–Trinajstić information content (AvgIpc) is 3.23. The first-order chi connectivity index (χ1) is 18.6. The number of amides is 1. The van der Waals surface area contributed by atoms with Crippen molar-refractivity contribution in [1.82, 2.24) is 4.90 Å². The second kappa shape index (κ2) is 12.1. The number of carbonyl (C=O) groups is 2. The molecule has 2 aromatic rings. The van der Waals surface area contributed by atoms with E-state index < -0.39 is 24.1 Å². The van der Waals surface area contributed by atoms with Crippen LogP contribution in [0.5, 0.6) is 5.75 Å². The van der Waals surface area contributed by atoms with Gasteiger partial charge in [0.15, 0.2) is 5.84 Å². The highest BCUT2D eigenvalue weighted by Gasteiger charge is 2.42. The van der Waals surface area contributed by atoms with Crippen molar-refractivity contribution in [3.8, 4) is 5.75 Å². The second-order valence-corrected chi connectivity index (χ2v) is 10.0. The number of alkyl halides is 3. The van der Waals surface area contributed by atoms with E-state index in [-0.39, 0.29) is 11.5 Å². The van der Waals surface area contributed by atoms with Gasteiger partial charge in [-0.05, 0) is 64.3 Å². The molecular weight excluding hydrogens is 513 g/mol. The molecule has 1 fully saturated rings. The van der Waals surface area contributed by atoms with Crippen molar-refractivity contribution in [3.63, 3.8) is 0 Å². The average molecular weight is 547 g/mol. The minimum absolute atomic E-state index is 0.176. The van der Waals surface area contributed by atoms with E-state index in [4.69, 9.17) is 10.5 Å². The third kappa shape index (κ3) is 6.70. The summed E-state index contributed by atoms with van der Waals surface area (Å²) in [6.07, 6.45) is -0.858. The minimum Gasteiger partial charge on any atom is -0.474 e. The van der Waals surface area contributed by atoms with Gasteiger partial charge in [0.25, 0.3) is 5.91 Å². The van der Waals surface area contributed by atoms with Crippen molar-refractivity contribution in [2.75, 3.05) is 18.0 Å². The summed E-state index contributed by atoms with van der Waals surface area (Å²) in [5.74, 6) is -2.64. The molecule has 2 aromatic carbocycles. The Morgan fingerprint density at radius 2 is 1.74 bits per heavy atom. The summed E-state index contributed by atoms with van der Waals surface area (Å²) in [7, 11) is 0. The highest BCUT2D eigenvalue weighted by molar-refractivity contribution is 6.01. The van der Waals surface area contributed by atoms with Gasteiger partial charge in [-0.3, -0.25) is 9.69 Å². The summed E-state index contributed by atoms with van der Waals surface area (Å²) in [6, 6.07) is 14.7. The maximum atomic E-state index is 13.6. The van der Waals surface area contributed by atoms with E-state index in [2.05, 4.69) is 28.7 Å². The van der Waals surface area contributed by atoms with Crippen molar-refractivity contribution in [2.24, 2.45) is 10.9 Å². The Hall–Kier alpha value is -3.60. The lowest BCUT2D eigenvalue weighted by Crippen LogP contribution is -2.41. The van der Waals surface area contributed by atoms with E-state index in [1.807, 2.05) is 18.2 Å². The van der Waals surface area contributed by atoms with Crippen molar-refractivity contribution < 1.29 is 32.3 Å². The smallest absolute Gasteiger partial charge is 0.474 e. The number of likely N-dealkylation sites (tertiary alicyclic amines) is 1. The largest absolute Gasteiger partial charge is 0.493 e. The van der Waals surface area contributed by atoms with Crippen LogP contribution in [-0.2, 0) is 14.4 Å². The Morgan fingerprint density at radius 3 is 2.46 bits per heavy atom. The topological polar surface area (TPSA) is 97.5 Å². The molecule has 1 saturated heterocycles. The molecule has 3 atom stereocenters. The van der Waals surface area contributed by atoms with Crippen LogP contribution in [0, 0.1) is 0 Å². The van der Waals surface area contributed by atoms with Gasteiger partial charge in [-0.1, -0.05) is 41.9 Å². The number of oxime groups is 1. The summed E-state index contributed by atoms with van der Waals surface area (Å²) in [4.78, 5) is 32.7. The lowest BCUT2D eigenvalue weighted by Gasteiger charge is -2.34. The minimum atomic E-state index is -5.20. The van der Waals surface area contributed by atoms with E-state index >= 15 is 0 Å². The zero-order valence-corrected chi connectivity index (χ0v) is 22.0. The molecule has 0 saturated carbocycles. The molecule has 1 unspecified atom stereocenters. The van der Waals surface area contributed by atoms with Gasteiger partial charge in [0.05, 0.1) is 5.69 Å². The number of hydrogen-bond acceptors (Lipinski definition) is 6. The molecular formula is C28H33F3N4O4. The fraction of sp³-hybridized carbons (Fsp3) is 0.464. The van der Waals surface area contributed by atoms with Gasteiger partial charge in [0.2, 0.25) is 6.10 Å². The van der Waals surface area contributed by atoms with Crippen LogP contribution in [0.4, 0.5) is 18.9 Å². The summed E-state index contributed by atoms with van der Waals surface area (Å²) in [5.41, 5.74) is 7.05. The molecule has 11 heteroatoms. The number of ether oxygens (including phenoxy) is 1. The predicted molar refractivity (Wildman–Crippen MR) is 140 cm³/mol. The highest BCUT2D eigenvalue weighted by Crippen LogP contribution is 2.39. The Balaban J connectivity index is 1.44.